The van der Waals surface area contributed by atoms with Crippen molar-refractivity contribution in [3.8, 4) is 5.75 Å². The van der Waals surface area contributed by atoms with E-state index in [1.807, 2.05) is 0 Å². The molecule has 0 amide bonds. The maximum Gasteiger partial charge on any atom is 0.305 e. The third-order valence-corrected chi connectivity index (χ3v) is 2.88. The van der Waals surface area contributed by atoms with E-state index in [0.717, 1.165) is 11.3 Å². The minimum Gasteiger partial charge on any atom is -0.506 e. The number of H-pyrrole nitrogens is 1. The zero-order valence-corrected chi connectivity index (χ0v) is 7.97. The van der Waals surface area contributed by atoms with Gasteiger partial charge in [-0.1, -0.05) is 17.4 Å². The second-order valence-electron chi connectivity index (χ2n) is 2.91. The van der Waals surface area contributed by atoms with Gasteiger partial charge in [0.1, 0.15) is 11.3 Å². The van der Waals surface area contributed by atoms with E-state index in [9.17, 15) is 15.0 Å². The molecule has 2 aromatic rings. The first-order valence-electron chi connectivity index (χ1n) is 3.95. The number of aromatic amines is 1. The molecule has 14 heavy (non-hydrogen) atoms. The van der Waals surface area contributed by atoms with E-state index in [4.69, 9.17) is 0 Å². The molecule has 0 saturated heterocycles. The van der Waals surface area contributed by atoms with E-state index in [2.05, 4.69) is 11.9 Å². The Balaban J connectivity index is 2.87. The average Bonchev–Trinajstić information content (AvgIpc) is 2.47. The summed E-state index contributed by atoms with van der Waals surface area (Å²) >= 11 is 0.950. The number of phenols is 1. The van der Waals surface area contributed by atoms with Crippen LogP contribution in [0.2, 0.25) is 0 Å². The molecule has 73 valence electrons. The second kappa shape index (κ2) is 3.11. The predicted octanol–water partition coefficient (Wildman–Crippen LogP) is 1.16. The van der Waals surface area contributed by atoms with Gasteiger partial charge >= 0.3 is 4.87 Å². The fourth-order valence-electron chi connectivity index (χ4n) is 1.30. The van der Waals surface area contributed by atoms with Gasteiger partial charge in [-0.3, -0.25) is 4.79 Å². The van der Waals surface area contributed by atoms with Crippen LogP contribution in [0.1, 0.15) is 11.7 Å². The van der Waals surface area contributed by atoms with Gasteiger partial charge in [-0.05, 0) is 13.0 Å². The van der Waals surface area contributed by atoms with Gasteiger partial charge in [0.05, 0.1) is 10.8 Å². The first-order valence-corrected chi connectivity index (χ1v) is 4.77. The summed E-state index contributed by atoms with van der Waals surface area (Å²) < 4.78 is 0.553. The molecule has 1 aromatic heterocycles. The van der Waals surface area contributed by atoms with Gasteiger partial charge in [-0.15, -0.1) is 0 Å². The number of hydrogen-bond donors (Lipinski definition) is 3. The minimum absolute atomic E-state index is 0.00255. The number of aromatic hydroxyl groups is 1. The van der Waals surface area contributed by atoms with Crippen LogP contribution in [0.4, 0.5) is 0 Å². The van der Waals surface area contributed by atoms with Gasteiger partial charge in [0, 0.05) is 5.56 Å². The summed E-state index contributed by atoms with van der Waals surface area (Å²) in [6, 6.07) is 2.98. The number of nitrogens with one attached hydrogen (secondary N) is 1. The maximum absolute atomic E-state index is 11.1. The van der Waals surface area contributed by atoms with E-state index < -0.39 is 6.10 Å². The lowest BCUT2D eigenvalue weighted by molar-refractivity contribution is 0.228. The van der Waals surface area contributed by atoms with Crippen LogP contribution in [-0.4, -0.2) is 15.2 Å². The fourth-order valence-corrected chi connectivity index (χ4v) is 2.22. The highest BCUT2D eigenvalue weighted by atomic mass is 32.1. The lowest BCUT2D eigenvalue weighted by atomic mass is 10.1. The lowest BCUT2D eigenvalue weighted by Gasteiger charge is -2.05. The third-order valence-electron chi connectivity index (χ3n) is 1.95. The van der Waals surface area contributed by atoms with Gasteiger partial charge in [-0.25, -0.2) is 0 Å². The summed E-state index contributed by atoms with van der Waals surface area (Å²) in [5.41, 5.74) is 0.904. The molecule has 0 fully saturated rings. The molecule has 5 heteroatoms. The van der Waals surface area contributed by atoms with Gasteiger partial charge in [0.2, 0.25) is 0 Å². The largest absolute Gasteiger partial charge is 0.506 e. The van der Waals surface area contributed by atoms with Crippen molar-refractivity contribution in [2.45, 2.75) is 6.10 Å². The molecule has 0 saturated carbocycles. The lowest BCUT2D eigenvalue weighted by Crippen LogP contribution is -1.91. The van der Waals surface area contributed by atoms with Crippen molar-refractivity contribution >= 4 is 21.6 Å². The highest BCUT2D eigenvalue weighted by molar-refractivity contribution is 7.16. The number of aliphatic hydroxyl groups excluding tert-OH is 1. The molecular formula is C9H8NO3S. The normalized spacial score (nSPS) is 13.3. The maximum atomic E-state index is 11.1. The first-order chi connectivity index (χ1) is 6.59. The second-order valence-corrected chi connectivity index (χ2v) is 3.89. The number of hydrogen-bond acceptors (Lipinski definition) is 4. The smallest absolute Gasteiger partial charge is 0.305 e. The van der Waals surface area contributed by atoms with Crippen molar-refractivity contribution in [3.63, 3.8) is 0 Å². The van der Waals surface area contributed by atoms with Crippen molar-refractivity contribution in [1.29, 1.82) is 0 Å². The van der Waals surface area contributed by atoms with Crippen LogP contribution in [0.15, 0.2) is 16.9 Å². The van der Waals surface area contributed by atoms with E-state index in [-0.39, 0.29) is 10.6 Å². The van der Waals surface area contributed by atoms with Gasteiger partial charge < -0.3 is 15.2 Å². The summed E-state index contributed by atoms with van der Waals surface area (Å²) in [7, 11) is 0. The highest BCUT2D eigenvalue weighted by Crippen LogP contribution is 2.30. The van der Waals surface area contributed by atoms with Gasteiger partial charge in [-0.2, -0.15) is 0 Å². The monoisotopic (exact) mass is 210 g/mol. The Morgan fingerprint density at radius 1 is 1.50 bits per heavy atom. The molecule has 0 aliphatic carbocycles. The number of benzene rings is 1. The van der Waals surface area contributed by atoms with Crippen LogP contribution >= 0.6 is 11.3 Å². The number of aliphatic hydroxyl groups is 1. The Morgan fingerprint density at radius 3 is 2.86 bits per heavy atom. The summed E-state index contributed by atoms with van der Waals surface area (Å²) in [5, 5.41) is 18.7. The number of thiazole rings is 1. The van der Waals surface area contributed by atoms with Crippen molar-refractivity contribution in [1.82, 2.24) is 4.98 Å². The van der Waals surface area contributed by atoms with Crippen LogP contribution in [0, 0.1) is 6.92 Å². The zero-order valence-electron chi connectivity index (χ0n) is 7.15. The Bertz CT molecular complexity index is 526. The summed E-state index contributed by atoms with van der Waals surface area (Å²) in [5.74, 6) is 0.00255. The Morgan fingerprint density at radius 2 is 2.21 bits per heavy atom. The van der Waals surface area contributed by atoms with E-state index in [1.165, 1.54) is 6.07 Å². The van der Waals surface area contributed by atoms with Crippen molar-refractivity contribution in [2.24, 2.45) is 0 Å². The zero-order chi connectivity index (χ0) is 10.3. The van der Waals surface area contributed by atoms with E-state index >= 15 is 0 Å². The third kappa shape index (κ3) is 1.30. The van der Waals surface area contributed by atoms with Crippen LogP contribution in [0.5, 0.6) is 5.75 Å². The molecule has 2 rings (SSSR count). The molecule has 0 bridgehead atoms. The van der Waals surface area contributed by atoms with Crippen molar-refractivity contribution in [2.75, 3.05) is 0 Å². The topological polar surface area (TPSA) is 73.3 Å². The molecule has 1 radical (unpaired) electrons. The van der Waals surface area contributed by atoms with E-state index in [0.29, 0.717) is 15.8 Å². The van der Waals surface area contributed by atoms with Crippen LogP contribution < -0.4 is 4.87 Å². The average molecular weight is 210 g/mol. The van der Waals surface area contributed by atoms with Gasteiger partial charge in [0.25, 0.3) is 0 Å². The Hall–Kier alpha value is -1.33. The SMILES string of the molecule is [CH2]C(O)c1ccc(O)c2[nH]c(=O)sc12. The summed E-state index contributed by atoms with van der Waals surface area (Å²) in [6.45, 7) is 3.46. The quantitative estimate of drug-likeness (QED) is 0.661. The molecule has 1 heterocycles. The predicted molar refractivity (Wildman–Crippen MR) is 54.4 cm³/mol. The van der Waals surface area contributed by atoms with Crippen LogP contribution in [0.3, 0.4) is 0 Å². The van der Waals surface area contributed by atoms with E-state index in [1.54, 1.807) is 6.07 Å². The summed E-state index contributed by atoms with van der Waals surface area (Å²) in [6.07, 6.45) is -0.899. The van der Waals surface area contributed by atoms with Crippen LogP contribution in [-0.2, 0) is 0 Å². The first kappa shape index (κ1) is 9.23. The molecule has 3 N–H and O–H groups in total. The molecule has 1 atom stereocenters. The van der Waals surface area contributed by atoms with Crippen LogP contribution in [0.25, 0.3) is 10.2 Å². The Labute approximate surface area is 83.5 Å². The highest BCUT2D eigenvalue weighted by Gasteiger charge is 2.12. The fraction of sp³-hybridized carbons (Fsp3) is 0.111. The molecule has 0 aliphatic heterocycles. The van der Waals surface area contributed by atoms with Crippen molar-refractivity contribution in [3.05, 3.63) is 34.3 Å². The molecular weight excluding hydrogens is 202 g/mol. The summed E-state index contributed by atoms with van der Waals surface area (Å²) in [4.78, 5) is 13.3. The molecule has 0 spiro atoms. The number of phenolic OH excluding ortho intramolecular Hbond substituents is 1. The molecule has 1 aromatic carbocycles. The van der Waals surface area contributed by atoms with Crippen molar-refractivity contribution < 1.29 is 10.2 Å². The molecule has 1 unspecified atom stereocenters. The standard InChI is InChI=1S/C9H8NO3S/c1-4(11)5-2-3-6(12)7-8(5)14-9(13)10-7/h2-4,11-12H,1H2,(H,10,13). The number of rotatable bonds is 1. The number of fused-ring (bicyclic) bond motifs is 1. The minimum atomic E-state index is -0.899. The molecule has 0 aliphatic rings. The van der Waals surface area contributed by atoms with Gasteiger partial charge in [0.15, 0.2) is 0 Å². The number of aromatic nitrogens is 1. The Kier molecular flexibility index (Phi) is 2.05. The molecule has 4 nitrogen and oxygen atoms in total.